The number of nitrogens with one attached hydrogen (secondary N) is 1. The molecule has 6 nitrogen and oxygen atoms in total. The van der Waals surface area contributed by atoms with Crippen LogP contribution in [0.1, 0.15) is 24.0 Å². The standard InChI is InChI=1S/C19H21F2N2O4P/c20-16-9-8-15(11-17(16)21)12-22-28(25,26)18-7-4-10-23(19(18)24)27-13-14-5-2-1-3-6-14/h1-3,5-6,8-9,11,18H,4,7,10,12-13H2,(H2,22,25,26). The molecule has 0 aromatic heterocycles. The van der Waals surface area contributed by atoms with Crippen LogP contribution in [-0.2, 0) is 27.3 Å². The summed E-state index contributed by atoms with van der Waals surface area (Å²) < 4.78 is 39.0. The SMILES string of the molecule is O=C1C(P(=O)(O)NCc2ccc(F)c(F)c2)CCCN1OCc1ccccc1. The van der Waals surface area contributed by atoms with Crippen molar-refractivity contribution in [1.29, 1.82) is 0 Å². The van der Waals surface area contributed by atoms with Gasteiger partial charge in [0.2, 0.25) is 0 Å². The van der Waals surface area contributed by atoms with Gasteiger partial charge in [-0.1, -0.05) is 36.4 Å². The van der Waals surface area contributed by atoms with Crippen molar-refractivity contribution in [2.75, 3.05) is 6.54 Å². The molecule has 3 rings (SSSR count). The number of carbonyl (C=O) groups is 1. The Morgan fingerprint density at radius 2 is 1.89 bits per heavy atom. The Hall–Kier alpha value is -2.12. The van der Waals surface area contributed by atoms with E-state index in [0.717, 1.165) is 22.8 Å². The molecule has 28 heavy (non-hydrogen) atoms. The molecule has 2 unspecified atom stereocenters. The minimum Gasteiger partial charge on any atom is -0.333 e. The number of carbonyl (C=O) groups excluding carboxylic acids is 1. The number of benzene rings is 2. The number of hydrogen-bond donors (Lipinski definition) is 2. The molecule has 1 aliphatic rings. The molecule has 1 saturated heterocycles. The van der Waals surface area contributed by atoms with Crippen LogP contribution in [0.15, 0.2) is 48.5 Å². The second kappa shape index (κ2) is 8.92. The van der Waals surface area contributed by atoms with E-state index in [1.165, 1.54) is 6.07 Å². The van der Waals surface area contributed by atoms with Crippen LogP contribution >= 0.6 is 7.52 Å². The van der Waals surface area contributed by atoms with Gasteiger partial charge in [0.25, 0.3) is 13.4 Å². The first-order chi connectivity index (χ1) is 13.4. The minimum absolute atomic E-state index is 0.167. The lowest BCUT2D eigenvalue weighted by molar-refractivity contribution is -0.196. The number of piperidine rings is 1. The molecule has 0 radical (unpaired) electrons. The first-order valence-electron chi connectivity index (χ1n) is 8.86. The van der Waals surface area contributed by atoms with Gasteiger partial charge >= 0.3 is 0 Å². The maximum atomic E-state index is 13.3. The molecule has 1 aliphatic heterocycles. The van der Waals surface area contributed by atoms with Crippen LogP contribution in [0.5, 0.6) is 0 Å². The highest BCUT2D eigenvalue weighted by Gasteiger charge is 2.42. The highest BCUT2D eigenvalue weighted by atomic mass is 31.2. The summed E-state index contributed by atoms with van der Waals surface area (Å²) in [6, 6.07) is 12.5. The van der Waals surface area contributed by atoms with Gasteiger partial charge in [0.1, 0.15) is 12.3 Å². The Bertz CT molecular complexity index is 881. The molecule has 2 N–H and O–H groups in total. The number of halogens is 2. The number of rotatable bonds is 7. The summed E-state index contributed by atoms with van der Waals surface area (Å²) in [6.45, 7) is 0.349. The summed E-state index contributed by atoms with van der Waals surface area (Å²) in [4.78, 5) is 28.5. The Labute approximate surface area is 161 Å². The molecule has 9 heteroatoms. The van der Waals surface area contributed by atoms with Crippen LogP contribution in [0.4, 0.5) is 8.78 Å². The van der Waals surface area contributed by atoms with Gasteiger partial charge in [-0.05, 0) is 36.1 Å². The van der Waals surface area contributed by atoms with Crippen LogP contribution in [0, 0.1) is 11.6 Å². The summed E-state index contributed by atoms with van der Waals surface area (Å²) in [6.07, 6.45) is 0.755. The third kappa shape index (κ3) is 5.02. The second-order valence-electron chi connectivity index (χ2n) is 6.56. The summed E-state index contributed by atoms with van der Waals surface area (Å²) in [5.74, 6) is -2.60. The molecule has 0 bridgehead atoms. The lowest BCUT2D eigenvalue weighted by atomic mass is 10.1. The fourth-order valence-electron chi connectivity index (χ4n) is 2.97. The topological polar surface area (TPSA) is 78.9 Å². The predicted octanol–water partition coefficient (Wildman–Crippen LogP) is 3.36. The molecule has 2 atom stereocenters. The fraction of sp³-hybridized carbons (Fsp3) is 0.316. The number of amides is 1. The molecule has 1 heterocycles. The Morgan fingerprint density at radius 3 is 2.61 bits per heavy atom. The summed E-state index contributed by atoms with van der Waals surface area (Å²) in [5, 5.41) is 3.56. The van der Waals surface area contributed by atoms with Crippen LogP contribution in [0.2, 0.25) is 0 Å². The van der Waals surface area contributed by atoms with E-state index < -0.39 is 30.7 Å². The summed E-state index contributed by atoms with van der Waals surface area (Å²) in [7, 11) is -4.09. The highest BCUT2D eigenvalue weighted by Crippen LogP contribution is 2.46. The van der Waals surface area contributed by atoms with E-state index in [-0.39, 0.29) is 19.6 Å². The minimum atomic E-state index is -4.09. The van der Waals surface area contributed by atoms with Crippen molar-refractivity contribution in [3.05, 3.63) is 71.3 Å². The first kappa shape index (κ1) is 20.6. The van der Waals surface area contributed by atoms with E-state index in [9.17, 15) is 23.0 Å². The monoisotopic (exact) mass is 410 g/mol. The summed E-state index contributed by atoms with van der Waals surface area (Å²) in [5.41, 5.74) is 0.0250. The third-order valence-corrected chi connectivity index (χ3v) is 6.45. The van der Waals surface area contributed by atoms with Crippen molar-refractivity contribution in [1.82, 2.24) is 10.2 Å². The highest BCUT2D eigenvalue weighted by molar-refractivity contribution is 7.57. The smallest absolute Gasteiger partial charge is 0.279 e. The van der Waals surface area contributed by atoms with Crippen molar-refractivity contribution >= 4 is 13.4 Å². The largest absolute Gasteiger partial charge is 0.333 e. The van der Waals surface area contributed by atoms with Crippen LogP contribution < -0.4 is 5.09 Å². The maximum Gasteiger partial charge on any atom is 0.279 e. The lowest BCUT2D eigenvalue weighted by Crippen LogP contribution is -2.45. The van der Waals surface area contributed by atoms with E-state index in [2.05, 4.69) is 5.09 Å². The molecule has 2 aromatic rings. The van der Waals surface area contributed by atoms with Gasteiger partial charge in [-0.25, -0.2) is 18.9 Å². The van der Waals surface area contributed by atoms with Crippen molar-refractivity contribution in [3.63, 3.8) is 0 Å². The van der Waals surface area contributed by atoms with Crippen molar-refractivity contribution in [3.8, 4) is 0 Å². The van der Waals surface area contributed by atoms with Gasteiger partial charge < -0.3 is 4.89 Å². The van der Waals surface area contributed by atoms with Crippen molar-refractivity contribution in [2.45, 2.75) is 31.7 Å². The lowest BCUT2D eigenvalue weighted by Gasteiger charge is -2.33. The van der Waals surface area contributed by atoms with Gasteiger partial charge in [0.15, 0.2) is 11.6 Å². The second-order valence-corrected chi connectivity index (χ2v) is 8.75. The number of hydroxylamine groups is 2. The molecular formula is C19H21F2N2O4P. The van der Waals surface area contributed by atoms with Crippen molar-refractivity contribution in [2.24, 2.45) is 0 Å². The van der Waals surface area contributed by atoms with Gasteiger partial charge in [0, 0.05) is 13.1 Å². The molecule has 0 spiro atoms. The third-order valence-electron chi connectivity index (χ3n) is 4.52. The summed E-state index contributed by atoms with van der Waals surface area (Å²) >= 11 is 0. The van der Waals surface area contributed by atoms with Crippen LogP contribution in [0.3, 0.4) is 0 Å². The quantitative estimate of drug-likeness (QED) is 0.685. The Balaban J connectivity index is 1.61. The average molecular weight is 410 g/mol. The van der Waals surface area contributed by atoms with E-state index in [4.69, 9.17) is 4.84 Å². The van der Waals surface area contributed by atoms with Gasteiger partial charge in [0.05, 0.1) is 0 Å². The molecule has 0 aliphatic carbocycles. The normalized spacial score (nSPS) is 19.5. The Kier molecular flexibility index (Phi) is 6.57. The molecule has 0 saturated carbocycles. The molecule has 1 fully saturated rings. The van der Waals surface area contributed by atoms with Gasteiger partial charge in [-0.2, -0.15) is 0 Å². The molecule has 1 amide bonds. The van der Waals surface area contributed by atoms with E-state index >= 15 is 0 Å². The molecule has 2 aromatic carbocycles. The van der Waals surface area contributed by atoms with E-state index in [1.807, 2.05) is 30.3 Å². The fourth-order valence-corrected chi connectivity index (χ4v) is 4.56. The van der Waals surface area contributed by atoms with E-state index in [1.54, 1.807) is 0 Å². The predicted molar refractivity (Wildman–Crippen MR) is 99.0 cm³/mol. The van der Waals surface area contributed by atoms with Gasteiger partial charge in [-0.15, -0.1) is 0 Å². The molecular weight excluding hydrogens is 389 g/mol. The molecule has 150 valence electrons. The zero-order valence-corrected chi connectivity index (χ0v) is 15.9. The maximum absolute atomic E-state index is 13.3. The van der Waals surface area contributed by atoms with Crippen LogP contribution in [-0.4, -0.2) is 28.1 Å². The van der Waals surface area contributed by atoms with Crippen molar-refractivity contribution < 1.29 is 27.9 Å². The van der Waals surface area contributed by atoms with Gasteiger partial charge in [-0.3, -0.25) is 14.2 Å². The van der Waals surface area contributed by atoms with E-state index in [0.29, 0.717) is 18.5 Å². The van der Waals surface area contributed by atoms with Crippen LogP contribution in [0.25, 0.3) is 0 Å². The number of nitrogens with zero attached hydrogens (tertiary/aromatic N) is 1. The first-order valence-corrected chi connectivity index (χ1v) is 10.6. The zero-order chi connectivity index (χ0) is 20.1. The average Bonchev–Trinajstić information content (AvgIpc) is 2.69. The number of hydrogen-bond acceptors (Lipinski definition) is 3. The zero-order valence-electron chi connectivity index (χ0n) is 15.1. The Morgan fingerprint density at radius 1 is 1.14 bits per heavy atom.